The molecule has 11 heteroatoms. The van der Waals surface area contributed by atoms with E-state index in [-0.39, 0.29) is 30.2 Å². The van der Waals surface area contributed by atoms with E-state index in [9.17, 15) is 23.1 Å². The van der Waals surface area contributed by atoms with Crippen LogP contribution in [-0.2, 0) is 26.0 Å². The standard InChI is InChI=1S/C29H30Cl2N2O6S/c1-18-5-12-26(39-2)27(14-18)40(37,38)33-13-3-4-21(17-33)28(34)32-25(29(35)36)15-19-6-8-20(9-7-19)23-11-10-22(30)16-24(23)31/h5-12,14,16,21,25H,3-4,13,15,17H2,1-2H3,(H,32,34)(H,35,36)/t21?,25-/m0/s1. The molecule has 3 aromatic rings. The molecule has 1 amide bonds. The second-order valence-electron chi connectivity index (χ2n) is 9.78. The Morgan fingerprint density at radius 3 is 2.48 bits per heavy atom. The minimum Gasteiger partial charge on any atom is -0.495 e. The number of hydrogen-bond acceptors (Lipinski definition) is 5. The van der Waals surface area contributed by atoms with Gasteiger partial charge in [-0.25, -0.2) is 13.2 Å². The summed E-state index contributed by atoms with van der Waals surface area (Å²) in [6, 6.07) is 16.1. The van der Waals surface area contributed by atoms with Crippen LogP contribution in [0.4, 0.5) is 0 Å². The molecule has 1 fully saturated rings. The van der Waals surface area contributed by atoms with Crippen LogP contribution in [0.2, 0.25) is 10.0 Å². The highest BCUT2D eigenvalue weighted by Gasteiger charge is 2.36. The van der Waals surface area contributed by atoms with Crippen molar-refractivity contribution in [1.82, 2.24) is 9.62 Å². The normalized spacial score (nSPS) is 16.8. The number of nitrogens with one attached hydrogen (secondary N) is 1. The van der Waals surface area contributed by atoms with Gasteiger partial charge in [-0.1, -0.05) is 59.6 Å². The molecule has 212 valence electrons. The number of carbonyl (C=O) groups is 2. The van der Waals surface area contributed by atoms with E-state index in [1.807, 2.05) is 18.2 Å². The summed E-state index contributed by atoms with van der Waals surface area (Å²) in [5, 5.41) is 13.5. The molecule has 8 nitrogen and oxygen atoms in total. The maximum atomic E-state index is 13.4. The van der Waals surface area contributed by atoms with Gasteiger partial charge in [0, 0.05) is 35.1 Å². The average Bonchev–Trinajstić information content (AvgIpc) is 2.93. The van der Waals surface area contributed by atoms with Crippen LogP contribution >= 0.6 is 23.2 Å². The third kappa shape index (κ3) is 6.78. The van der Waals surface area contributed by atoms with E-state index in [0.29, 0.717) is 28.5 Å². The number of piperidine rings is 1. The van der Waals surface area contributed by atoms with Crippen LogP contribution in [0.15, 0.2) is 65.6 Å². The first-order chi connectivity index (χ1) is 19.0. The first-order valence-corrected chi connectivity index (χ1v) is 14.9. The number of hydrogen-bond donors (Lipinski definition) is 2. The van der Waals surface area contributed by atoms with E-state index < -0.39 is 33.9 Å². The Morgan fingerprint density at radius 1 is 1.10 bits per heavy atom. The molecule has 1 unspecified atom stereocenters. The number of sulfonamides is 1. The summed E-state index contributed by atoms with van der Waals surface area (Å²) in [5.41, 5.74) is 3.11. The van der Waals surface area contributed by atoms with E-state index in [1.165, 1.54) is 11.4 Å². The molecule has 2 N–H and O–H groups in total. The summed E-state index contributed by atoms with van der Waals surface area (Å²) in [4.78, 5) is 25.2. The van der Waals surface area contributed by atoms with Gasteiger partial charge in [-0.15, -0.1) is 0 Å². The smallest absolute Gasteiger partial charge is 0.326 e. The number of amides is 1. The van der Waals surface area contributed by atoms with E-state index in [2.05, 4.69) is 5.32 Å². The molecule has 1 heterocycles. The van der Waals surface area contributed by atoms with Gasteiger partial charge in [0.05, 0.1) is 13.0 Å². The average molecular weight is 606 g/mol. The molecule has 0 radical (unpaired) electrons. The number of methoxy groups -OCH3 is 1. The van der Waals surface area contributed by atoms with Crippen molar-refractivity contribution < 1.29 is 27.9 Å². The Bertz CT molecular complexity index is 1510. The van der Waals surface area contributed by atoms with Crippen LogP contribution < -0.4 is 10.1 Å². The lowest BCUT2D eigenvalue weighted by atomic mass is 9.97. The fraction of sp³-hybridized carbons (Fsp3) is 0.310. The second-order valence-corrected chi connectivity index (χ2v) is 12.5. The minimum atomic E-state index is -3.92. The van der Waals surface area contributed by atoms with Gasteiger partial charge in [-0.3, -0.25) is 4.79 Å². The van der Waals surface area contributed by atoms with Crippen molar-refractivity contribution in [3.63, 3.8) is 0 Å². The van der Waals surface area contributed by atoms with Crippen LogP contribution in [-0.4, -0.2) is 55.9 Å². The predicted octanol–water partition coefficient (Wildman–Crippen LogP) is 5.19. The third-order valence-electron chi connectivity index (χ3n) is 6.94. The first-order valence-electron chi connectivity index (χ1n) is 12.7. The zero-order valence-electron chi connectivity index (χ0n) is 22.1. The molecule has 3 aromatic carbocycles. The van der Waals surface area contributed by atoms with E-state index in [0.717, 1.165) is 16.7 Å². The molecule has 4 rings (SSSR count). The summed E-state index contributed by atoms with van der Waals surface area (Å²) in [5.74, 6) is -2.13. The molecule has 40 heavy (non-hydrogen) atoms. The Hall–Kier alpha value is -3.11. The van der Waals surface area contributed by atoms with Crippen LogP contribution in [0.25, 0.3) is 11.1 Å². The topological polar surface area (TPSA) is 113 Å². The number of carboxylic acids is 1. The summed E-state index contributed by atoms with van der Waals surface area (Å²) in [6.45, 7) is 2.00. The molecule has 1 aliphatic heterocycles. The van der Waals surface area contributed by atoms with Gasteiger partial charge < -0.3 is 15.2 Å². The molecule has 0 bridgehead atoms. The Kier molecular flexibility index (Phi) is 9.41. The first kappa shape index (κ1) is 29.9. The van der Waals surface area contributed by atoms with Crippen molar-refractivity contribution in [3.05, 3.63) is 81.8 Å². The largest absolute Gasteiger partial charge is 0.495 e. The van der Waals surface area contributed by atoms with Crippen molar-refractivity contribution in [2.75, 3.05) is 20.2 Å². The molecular formula is C29H30Cl2N2O6S. The quantitative estimate of drug-likeness (QED) is 0.347. The minimum absolute atomic E-state index is 0.0443. The number of carboxylic acid groups (broad SMARTS) is 1. The molecule has 1 saturated heterocycles. The van der Waals surface area contributed by atoms with Gasteiger partial charge in [-0.2, -0.15) is 4.31 Å². The highest BCUT2D eigenvalue weighted by Crippen LogP contribution is 2.32. The van der Waals surface area contributed by atoms with Crippen LogP contribution in [0.1, 0.15) is 24.0 Å². The summed E-state index contributed by atoms with van der Waals surface area (Å²) in [6.07, 6.45) is 0.981. The number of aliphatic carboxylic acids is 1. The molecular weight excluding hydrogens is 575 g/mol. The predicted molar refractivity (Wildman–Crippen MR) is 154 cm³/mol. The van der Waals surface area contributed by atoms with Crippen molar-refractivity contribution in [2.45, 2.75) is 37.1 Å². The summed E-state index contributed by atoms with van der Waals surface area (Å²) < 4.78 is 33.4. The van der Waals surface area contributed by atoms with Crippen molar-refractivity contribution in [2.24, 2.45) is 5.92 Å². The molecule has 0 aliphatic carbocycles. The van der Waals surface area contributed by atoms with Crippen molar-refractivity contribution in [1.29, 1.82) is 0 Å². The van der Waals surface area contributed by atoms with Gasteiger partial charge in [0.15, 0.2) is 0 Å². The number of benzene rings is 3. The highest BCUT2D eigenvalue weighted by atomic mass is 35.5. The molecule has 2 atom stereocenters. The van der Waals surface area contributed by atoms with Gasteiger partial charge in [0.25, 0.3) is 0 Å². The number of rotatable bonds is 9. The Balaban J connectivity index is 1.44. The van der Waals surface area contributed by atoms with Gasteiger partial charge in [-0.05, 0) is 60.7 Å². The molecule has 0 spiro atoms. The van der Waals surface area contributed by atoms with Crippen LogP contribution in [0, 0.1) is 12.8 Å². The Morgan fingerprint density at radius 2 is 1.82 bits per heavy atom. The monoisotopic (exact) mass is 604 g/mol. The lowest BCUT2D eigenvalue weighted by Gasteiger charge is -2.32. The second kappa shape index (κ2) is 12.6. The summed E-state index contributed by atoms with van der Waals surface area (Å²) >= 11 is 12.3. The van der Waals surface area contributed by atoms with Crippen LogP contribution in [0.5, 0.6) is 5.75 Å². The highest BCUT2D eigenvalue weighted by molar-refractivity contribution is 7.89. The van der Waals surface area contributed by atoms with Gasteiger partial charge in [0.2, 0.25) is 15.9 Å². The van der Waals surface area contributed by atoms with Crippen LogP contribution in [0.3, 0.4) is 0 Å². The maximum absolute atomic E-state index is 13.4. The molecule has 0 saturated carbocycles. The summed E-state index contributed by atoms with van der Waals surface area (Å²) in [7, 11) is -2.52. The lowest BCUT2D eigenvalue weighted by molar-refractivity contribution is -0.142. The van der Waals surface area contributed by atoms with Crippen molar-refractivity contribution in [3.8, 4) is 16.9 Å². The maximum Gasteiger partial charge on any atom is 0.326 e. The number of aryl methyl sites for hydroxylation is 1. The number of carbonyl (C=O) groups excluding carboxylic acids is 1. The number of ether oxygens (including phenoxy) is 1. The van der Waals surface area contributed by atoms with E-state index in [1.54, 1.807) is 49.4 Å². The van der Waals surface area contributed by atoms with Gasteiger partial charge >= 0.3 is 5.97 Å². The van der Waals surface area contributed by atoms with Crippen molar-refractivity contribution >= 4 is 45.1 Å². The van der Waals surface area contributed by atoms with Gasteiger partial charge in [0.1, 0.15) is 16.7 Å². The van der Waals surface area contributed by atoms with E-state index in [4.69, 9.17) is 27.9 Å². The fourth-order valence-corrected chi connectivity index (χ4v) is 7.05. The lowest BCUT2D eigenvalue weighted by Crippen LogP contribution is -2.50. The number of nitrogens with zero attached hydrogens (tertiary/aromatic N) is 1. The zero-order chi connectivity index (χ0) is 29.0. The fourth-order valence-electron chi connectivity index (χ4n) is 4.77. The SMILES string of the molecule is COc1ccc(C)cc1S(=O)(=O)N1CCCC(C(=O)N[C@@H](Cc2ccc(-c3ccc(Cl)cc3Cl)cc2)C(=O)O)C1. The Labute approximate surface area is 243 Å². The third-order valence-corrected chi connectivity index (χ3v) is 9.38. The van der Waals surface area contributed by atoms with E-state index >= 15 is 0 Å². The number of halogens is 2. The molecule has 1 aliphatic rings. The zero-order valence-corrected chi connectivity index (χ0v) is 24.4. The molecule has 0 aromatic heterocycles.